The van der Waals surface area contributed by atoms with Gasteiger partial charge in [-0.25, -0.2) is 59.2 Å². The molecular weight excluding hydrogens is 1290 g/mol. The first-order chi connectivity index (χ1) is 49.0. The number of aromatic amines is 3. The van der Waals surface area contributed by atoms with Gasteiger partial charge in [0.25, 0.3) is 17.0 Å². The number of benzene rings is 3. The number of H-pyrrole nitrogens is 3. The van der Waals surface area contributed by atoms with Gasteiger partial charge < -0.3 is 49.5 Å². The number of imidazole rings is 3. The van der Waals surface area contributed by atoms with E-state index in [-0.39, 0.29) is 60.2 Å². The van der Waals surface area contributed by atoms with Gasteiger partial charge in [0.2, 0.25) is 23.8 Å². The Labute approximate surface area is 575 Å². The standard InChI is InChI=1S/C27H25N7O3.C26H27N7O3.C18H16N8O2/c1-4-37-27(36)33-26-31-22-14-19(13-20(24(22)32-26)25-29-10-7-11-30-25)18-12-16(2)34(23(35)15-18)17(3)21-8-5-6-9-28-21;1-3-27-26(36)31-25-29-21-13-18(16-8-11-32(2)22(34)14-16)12-19(23(21)30-25)20-7-6-17(15-28-20)24(35)33-9-4-5-10-33;1-2-28-18(27)26-17-24-13-7-10(11-8-22-16(19)23-9-11)6-12(14(13)25-17)15-20-4-3-5-21-15/h5-15,17H,4H2,1-3H3,(H2,31,32,33,36);6-8,11-15H,3-5,9-10H2,1-2H3,(H3,27,29,30,31,36);3-9H,2H2,1H3,(H2,19,22,23)(H2,24,25,26,27)/t17-;;/m1../s1. The van der Waals surface area contributed by atoms with Crippen LogP contribution in [0.4, 0.5) is 38.2 Å². The van der Waals surface area contributed by atoms with Gasteiger partial charge in [0.05, 0.1) is 58.3 Å². The van der Waals surface area contributed by atoms with Crippen LogP contribution in [-0.2, 0) is 16.5 Å². The molecule has 5 amide bonds. The molecule has 0 unspecified atom stereocenters. The molecule has 3 aromatic carbocycles. The number of pyridine rings is 4. The maximum Gasteiger partial charge on any atom is 0.413 e. The Morgan fingerprint density at radius 2 is 1.07 bits per heavy atom. The minimum absolute atomic E-state index is 0.0150. The van der Waals surface area contributed by atoms with Crippen molar-refractivity contribution >= 4 is 81.0 Å². The van der Waals surface area contributed by atoms with E-state index < -0.39 is 12.2 Å². The number of hydrogen-bond donors (Lipinski definition) is 8. The fraction of sp³-hybridized carbons (Fsp3) is 0.197. The number of carbonyl (C=O) groups is 4. The fourth-order valence-corrected chi connectivity index (χ4v) is 11.4. The van der Waals surface area contributed by atoms with E-state index in [1.807, 2.05) is 92.4 Å². The molecule has 0 radical (unpaired) electrons. The van der Waals surface area contributed by atoms with E-state index in [0.717, 1.165) is 70.7 Å². The van der Waals surface area contributed by atoms with Crippen LogP contribution in [0.25, 0.3) is 101 Å². The second-order valence-corrected chi connectivity index (χ2v) is 23.0. The first-order valence-electron chi connectivity index (χ1n) is 32.2. The van der Waals surface area contributed by atoms with E-state index >= 15 is 0 Å². The number of likely N-dealkylation sites (tertiary alicyclic amines) is 1. The first kappa shape index (κ1) is 67.6. The second kappa shape index (κ2) is 30.3. The molecule has 0 aliphatic carbocycles. The summed E-state index contributed by atoms with van der Waals surface area (Å²) in [6.45, 7) is 11.7. The summed E-state index contributed by atoms with van der Waals surface area (Å²) in [7, 11) is 1.70. The first-order valence-corrected chi connectivity index (χ1v) is 32.2. The van der Waals surface area contributed by atoms with E-state index in [9.17, 15) is 28.8 Å². The zero-order valence-corrected chi connectivity index (χ0v) is 55.6. The molecule has 0 spiro atoms. The predicted octanol–water partition coefficient (Wildman–Crippen LogP) is 10.7. The number of nitrogens with two attached hydrogens (primary N) is 1. The zero-order valence-electron chi connectivity index (χ0n) is 55.6. The van der Waals surface area contributed by atoms with Crippen LogP contribution < -0.4 is 38.1 Å². The van der Waals surface area contributed by atoms with Crippen LogP contribution in [-0.4, -0.2) is 141 Å². The lowest BCUT2D eigenvalue weighted by Crippen LogP contribution is -2.28. The normalized spacial score (nSPS) is 12.0. The number of fused-ring (bicyclic) bond motifs is 3. The van der Waals surface area contributed by atoms with E-state index in [0.29, 0.717) is 85.2 Å². The highest BCUT2D eigenvalue weighted by Crippen LogP contribution is 2.36. The van der Waals surface area contributed by atoms with Crippen LogP contribution >= 0.6 is 0 Å². The summed E-state index contributed by atoms with van der Waals surface area (Å²) in [5, 5.41) is 10.5. The number of aromatic nitrogens is 16. The Kier molecular flexibility index (Phi) is 20.3. The third-order valence-electron chi connectivity index (χ3n) is 16.2. The molecular formula is C71H68N22O8. The minimum atomic E-state index is -0.611. The van der Waals surface area contributed by atoms with Crippen molar-refractivity contribution in [2.24, 2.45) is 7.05 Å². The topological polar surface area (TPSA) is 397 Å². The summed E-state index contributed by atoms with van der Waals surface area (Å²) in [6, 6.07) is 30.5. The van der Waals surface area contributed by atoms with Crippen LogP contribution in [0.15, 0.2) is 168 Å². The van der Waals surface area contributed by atoms with Gasteiger partial charge in [-0.05, 0) is 160 Å². The van der Waals surface area contributed by atoms with Crippen LogP contribution in [0, 0.1) is 6.92 Å². The van der Waals surface area contributed by atoms with Gasteiger partial charge in [0, 0.05) is 123 Å². The number of aryl methyl sites for hydroxylation is 2. The lowest BCUT2D eigenvalue weighted by molar-refractivity contribution is 0.0792. The average molecular weight is 1360 g/mol. The predicted molar refractivity (Wildman–Crippen MR) is 381 cm³/mol. The number of nitrogen functional groups attached to an aromatic ring is 1. The van der Waals surface area contributed by atoms with Crippen molar-refractivity contribution in [1.82, 2.24) is 89.1 Å². The molecule has 1 saturated heterocycles. The van der Waals surface area contributed by atoms with Crippen molar-refractivity contribution < 1.29 is 28.7 Å². The highest BCUT2D eigenvalue weighted by molar-refractivity contribution is 6.01. The maximum absolute atomic E-state index is 13.3. The van der Waals surface area contributed by atoms with E-state index in [1.165, 1.54) is 4.57 Å². The molecule has 1 atom stereocenters. The molecule has 1 aliphatic rings. The van der Waals surface area contributed by atoms with Gasteiger partial charge in [-0.3, -0.25) is 40.3 Å². The SMILES string of the molecule is CCNC(=O)Nc1nc2c(-c3ccc(C(=O)N4CCCC4)cn3)cc(-c3ccn(C)c(=O)c3)cc2[nH]1.CCOC(=O)Nc1nc2c(-c3ncccn3)cc(-c3cc(C)n([C@H](C)c4ccccn4)c(=O)c3)cc2[nH]1.CCOC(=O)Nc1nc2c(-c3ncccn3)cc(-c3cnc(N)nc3)cc2[nH]1. The molecule has 1 aliphatic heterocycles. The Hall–Kier alpha value is -13.4. The van der Waals surface area contributed by atoms with Gasteiger partial charge in [-0.1, -0.05) is 6.07 Å². The van der Waals surface area contributed by atoms with Gasteiger partial charge in [-0.15, -0.1) is 0 Å². The second-order valence-electron chi connectivity index (χ2n) is 23.0. The van der Waals surface area contributed by atoms with Crippen LogP contribution in [0.1, 0.15) is 68.3 Å². The molecule has 10 aromatic heterocycles. The largest absolute Gasteiger partial charge is 0.450 e. The molecule has 11 heterocycles. The molecule has 14 rings (SSSR count). The van der Waals surface area contributed by atoms with E-state index in [4.69, 9.17) is 15.2 Å². The summed E-state index contributed by atoms with van der Waals surface area (Å²) < 4.78 is 13.1. The number of amides is 5. The number of nitrogens with zero attached hydrogens (tertiary/aromatic N) is 14. The molecule has 0 bridgehead atoms. The Bertz CT molecular complexity index is 5290. The lowest BCUT2D eigenvalue weighted by atomic mass is 10.00. The molecule has 1 fully saturated rings. The van der Waals surface area contributed by atoms with E-state index in [1.54, 1.807) is 118 Å². The summed E-state index contributed by atoms with van der Waals surface area (Å²) in [6.07, 6.45) is 15.7. The summed E-state index contributed by atoms with van der Waals surface area (Å²) in [4.78, 5) is 133. The highest BCUT2D eigenvalue weighted by Gasteiger charge is 2.23. The summed E-state index contributed by atoms with van der Waals surface area (Å²) >= 11 is 0. The average Bonchev–Trinajstić information content (AvgIpc) is 1.75. The third-order valence-corrected chi connectivity index (χ3v) is 16.2. The summed E-state index contributed by atoms with van der Waals surface area (Å²) in [5.41, 5.74) is 18.6. The number of hydrogen-bond acceptors (Lipinski definition) is 20. The number of ether oxygens (including phenoxy) is 2. The fourth-order valence-electron chi connectivity index (χ4n) is 11.4. The molecule has 101 heavy (non-hydrogen) atoms. The Morgan fingerprint density at radius 1 is 0.554 bits per heavy atom. The Balaban J connectivity index is 0.000000145. The van der Waals surface area contributed by atoms with Crippen molar-refractivity contribution in [2.75, 3.05) is 54.5 Å². The maximum atomic E-state index is 13.3. The minimum Gasteiger partial charge on any atom is -0.450 e. The third kappa shape index (κ3) is 15.6. The van der Waals surface area contributed by atoms with Crippen molar-refractivity contribution in [3.8, 4) is 67.4 Å². The number of carbonyl (C=O) groups excluding carboxylic acids is 4. The van der Waals surface area contributed by atoms with E-state index in [2.05, 4.69) is 91.0 Å². The van der Waals surface area contributed by atoms with Gasteiger partial charge in [-0.2, -0.15) is 0 Å². The van der Waals surface area contributed by atoms with Crippen LogP contribution in [0.5, 0.6) is 0 Å². The van der Waals surface area contributed by atoms with Crippen molar-refractivity contribution in [3.05, 3.63) is 197 Å². The van der Waals surface area contributed by atoms with Crippen LogP contribution in [0.2, 0.25) is 0 Å². The van der Waals surface area contributed by atoms with Crippen molar-refractivity contribution in [3.63, 3.8) is 0 Å². The Morgan fingerprint density at radius 3 is 1.58 bits per heavy atom. The summed E-state index contributed by atoms with van der Waals surface area (Å²) in [5.74, 6) is 1.93. The van der Waals surface area contributed by atoms with Crippen molar-refractivity contribution in [2.45, 2.75) is 53.5 Å². The molecule has 9 N–H and O–H groups in total. The van der Waals surface area contributed by atoms with Gasteiger partial charge >= 0.3 is 18.2 Å². The van der Waals surface area contributed by atoms with Gasteiger partial charge in [0.1, 0.15) is 11.0 Å². The molecule has 0 saturated carbocycles. The molecule has 30 nitrogen and oxygen atoms in total. The van der Waals surface area contributed by atoms with Crippen molar-refractivity contribution in [1.29, 1.82) is 0 Å². The quantitative estimate of drug-likeness (QED) is 0.0472. The monoisotopic (exact) mass is 1360 g/mol. The highest BCUT2D eigenvalue weighted by atomic mass is 16.6. The number of anilines is 4. The number of rotatable bonds is 15. The smallest absolute Gasteiger partial charge is 0.413 e. The number of urea groups is 1. The zero-order chi connectivity index (χ0) is 70.7. The molecule has 510 valence electrons. The molecule has 13 aromatic rings. The van der Waals surface area contributed by atoms with Crippen LogP contribution in [0.3, 0.4) is 0 Å². The number of nitrogens with one attached hydrogen (secondary N) is 7. The lowest BCUT2D eigenvalue weighted by Gasteiger charge is -2.18. The van der Waals surface area contributed by atoms with Gasteiger partial charge in [0.15, 0.2) is 11.6 Å². The molecule has 30 heteroatoms.